The van der Waals surface area contributed by atoms with E-state index in [2.05, 4.69) is 0 Å². The van der Waals surface area contributed by atoms with Crippen molar-refractivity contribution in [2.75, 3.05) is 6.61 Å². The third-order valence-corrected chi connectivity index (χ3v) is 4.83. The molecule has 0 atom stereocenters. The van der Waals surface area contributed by atoms with Crippen LogP contribution < -0.4 is 0 Å². The van der Waals surface area contributed by atoms with Gasteiger partial charge in [0.25, 0.3) is 0 Å². The van der Waals surface area contributed by atoms with Gasteiger partial charge >= 0.3 is 5.97 Å². The number of esters is 1. The zero-order valence-corrected chi connectivity index (χ0v) is 20.5. The van der Waals surface area contributed by atoms with Gasteiger partial charge < -0.3 is 35.4 Å². The molecule has 8 nitrogen and oxygen atoms in total. The smallest absolute Gasteiger partial charge is 0.338 e. The van der Waals surface area contributed by atoms with E-state index < -0.39 is 0 Å². The van der Waals surface area contributed by atoms with Crippen LogP contribution in [-0.4, -0.2) is 49.3 Å². The van der Waals surface area contributed by atoms with Crippen LogP contribution in [0.2, 0.25) is 0 Å². The fourth-order valence-electron chi connectivity index (χ4n) is 2.91. The Bertz CT molecular complexity index is 960. The van der Waals surface area contributed by atoms with Gasteiger partial charge in [0, 0.05) is 6.07 Å². The maximum Gasteiger partial charge on any atom is 0.338 e. The molecular weight excluding hydrogens is 464 g/mol. The Hall–Kier alpha value is -3.91. The van der Waals surface area contributed by atoms with Gasteiger partial charge in [0.05, 0.1) is 18.3 Å². The molecular formula is C28H36O8. The molecule has 3 aromatic carbocycles. The third kappa shape index (κ3) is 13.7. The fraction of sp³-hybridized carbons (Fsp3) is 0.321. The van der Waals surface area contributed by atoms with Crippen LogP contribution in [0.15, 0.2) is 72.8 Å². The van der Waals surface area contributed by atoms with Crippen molar-refractivity contribution in [3.05, 3.63) is 78.4 Å². The van der Waals surface area contributed by atoms with E-state index >= 15 is 0 Å². The summed E-state index contributed by atoms with van der Waals surface area (Å²) in [6.07, 6.45) is 6.73. The molecule has 1 saturated carbocycles. The van der Waals surface area contributed by atoms with Crippen LogP contribution in [0.25, 0.3) is 0 Å². The quantitative estimate of drug-likeness (QED) is 0.205. The van der Waals surface area contributed by atoms with Crippen LogP contribution in [-0.2, 0) is 4.74 Å². The summed E-state index contributed by atoms with van der Waals surface area (Å²) in [6.45, 7) is 2.36. The van der Waals surface area contributed by atoms with Crippen molar-refractivity contribution >= 4 is 5.97 Å². The van der Waals surface area contributed by atoms with Crippen molar-refractivity contribution in [1.82, 2.24) is 0 Å². The summed E-state index contributed by atoms with van der Waals surface area (Å²) in [7, 11) is 0. The van der Waals surface area contributed by atoms with Crippen LogP contribution in [0.4, 0.5) is 0 Å². The van der Waals surface area contributed by atoms with Crippen molar-refractivity contribution in [3.8, 4) is 28.7 Å². The number of rotatable bonds is 3. The van der Waals surface area contributed by atoms with E-state index in [0.29, 0.717) is 12.2 Å². The van der Waals surface area contributed by atoms with E-state index in [0.717, 1.165) is 19.3 Å². The maximum atomic E-state index is 11.2. The van der Waals surface area contributed by atoms with Gasteiger partial charge in [-0.2, -0.15) is 0 Å². The molecule has 0 spiro atoms. The molecule has 0 radical (unpaired) electrons. The summed E-state index contributed by atoms with van der Waals surface area (Å²) in [5.74, 6) is -0.177. The predicted molar refractivity (Wildman–Crippen MR) is 137 cm³/mol. The number of carbonyl (C=O) groups is 1. The first-order valence-corrected chi connectivity index (χ1v) is 11.8. The highest BCUT2D eigenvalue weighted by atomic mass is 16.5. The van der Waals surface area contributed by atoms with Gasteiger partial charge in [-0.3, -0.25) is 0 Å². The van der Waals surface area contributed by atoms with Crippen molar-refractivity contribution in [2.24, 2.45) is 0 Å². The summed E-state index contributed by atoms with van der Waals surface area (Å²) < 4.78 is 4.90. The van der Waals surface area contributed by atoms with Gasteiger partial charge in [-0.25, -0.2) is 4.79 Å². The Morgan fingerprint density at radius 3 is 1.64 bits per heavy atom. The Morgan fingerprint density at radius 2 is 1.28 bits per heavy atom. The number of hydrogen-bond acceptors (Lipinski definition) is 8. The number of carbonyl (C=O) groups excluding carboxylic acids is 1. The summed E-state index contributed by atoms with van der Waals surface area (Å²) >= 11 is 0. The molecule has 1 fully saturated rings. The highest BCUT2D eigenvalue weighted by Gasteiger charge is 2.07. The molecule has 36 heavy (non-hydrogen) atoms. The van der Waals surface area contributed by atoms with Crippen molar-refractivity contribution in [1.29, 1.82) is 0 Å². The first-order valence-electron chi connectivity index (χ1n) is 11.8. The Kier molecular flexibility index (Phi) is 14.7. The lowest BCUT2D eigenvalue weighted by atomic mass is 9.98. The summed E-state index contributed by atoms with van der Waals surface area (Å²) in [5.41, 5.74) is 0.464. The van der Waals surface area contributed by atoms with E-state index in [9.17, 15) is 4.79 Å². The average molecular weight is 501 g/mol. The van der Waals surface area contributed by atoms with Crippen LogP contribution in [0.3, 0.4) is 0 Å². The lowest BCUT2D eigenvalue weighted by Gasteiger charge is -2.14. The third-order valence-electron chi connectivity index (χ3n) is 4.83. The zero-order valence-electron chi connectivity index (χ0n) is 20.5. The van der Waals surface area contributed by atoms with E-state index in [1.54, 1.807) is 18.2 Å². The molecule has 6 N–H and O–H groups in total. The highest BCUT2D eigenvalue weighted by Crippen LogP contribution is 2.21. The van der Waals surface area contributed by atoms with Crippen LogP contribution in [0, 0.1) is 0 Å². The number of para-hydroxylation sites is 2. The number of aliphatic hydroxyl groups is 1. The molecule has 0 aliphatic heterocycles. The second kappa shape index (κ2) is 17.5. The average Bonchev–Trinajstić information content (AvgIpc) is 2.86. The van der Waals surface area contributed by atoms with E-state index in [4.69, 9.17) is 35.4 Å². The lowest BCUT2D eigenvalue weighted by Crippen LogP contribution is -2.09. The van der Waals surface area contributed by atoms with Crippen LogP contribution >= 0.6 is 0 Å². The summed E-state index contributed by atoms with van der Waals surface area (Å²) in [4.78, 5) is 11.2. The fourth-order valence-corrected chi connectivity index (χ4v) is 2.91. The molecule has 0 heterocycles. The topological polar surface area (TPSA) is 148 Å². The molecule has 1 aliphatic rings. The maximum absolute atomic E-state index is 11.2. The minimum atomic E-state index is -0.346. The van der Waals surface area contributed by atoms with Gasteiger partial charge in [-0.15, -0.1) is 0 Å². The molecule has 0 aromatic heterocycles. The van der Waals surface area contributed by atoms with Gasteiger partial charge in [-0.05, 0) is 67.8 Å². The van der Waals surface area contributed by atoms with Gasteiger partial charge in [0.2, 0.25) is 0 Å². The zero-order chi connectivity index (χ0) is 26.8. The molecule has 196 valence electrons. The Balaban J connectivity index is 0.000000248. The van der Waals surface area contributed by atoms with E-state index in [1.165, 1.54) is 73.9 Å². The Morgan fingerprint density at radius 1 is 0.750 bits per heavy atom. The second-order valence-corrected chi connectivity index (χ2v) is 7.98. The molecule has 4 rings (SSSR count). The van der Waals surface area contributed by atoms with E-state index in [-0.39, 0.29) is 40.8 Å². The van der Waals surface area contributed by atoms with Gasteiger partial charge in [0.15, 0.2) is 11.5 Å². The standard InChI is InChI=1S/C10H12O3.2C6H6O2.C6H12O/c1-2-7-13-10(12)8-3-5-9(11)6-4-8;7-5-2-1-3-6(8)4-5;7-5-3-1-2-4-6(5)8;7-6-4-2-1-3-5-6/h3-6,11H,2,7H2,1H3;2*1-4,7-8H;6-7H,1-5H2. The summed E-state index contributed by atoms with van der Waals surface area (Å²) in [5, 5.41) is 52.5. The minimum Gasteiger partial charge on any atom is -0.508 e. The first kappa shape index (κ1) is 30.1. The summed E-state index contributed by atoms with van der Waals surface area (Å²) in [6, 6.07) is 18.0. The lowest BCUT2D eigenvalue weighted by molar-refractivity contribution is 0.0505. The SMILES string of the molecule is CCCOC(=O)c1ccc(O)cc1.OC1CCCCC1.Oc1cccc(O)c1.Oc1ccccc1O. The predicted octanol–water partition coefficient (Wildman–Crippen LogP) is 5.47. The van der Waals surface area contributed by atoms with Gasteiger partial charge in [0.1, 0.15) is 17.2 Å². The largest absolute Gasteiger partial charge is 0.508 e. The van der Waals surface area contributed by atoms with E-state index in [1.807, 2.05) is 6.92 Å². The van der Waals surface area contributed by atoms with Crippen LogP contribution in [0.1, 0.15) is 55.8 Å². The molecule has 8 heteroatoms. The molecule has 3 aromatic rings. The molecule has 0 saturated heterocycles. The van der Waals surface area contributed by atoms with Crippen molar-refractivity contribution < 1.29 is 40.2 Å². The molecule has 0 bridgehead atoms. The first-order chi connectivity index (χ1) is 17.2. The van der Waals surface area contributed by atoms with Crippen LogP contribution in [0.5, 0.6) is 28.7 Å². The van der Waals surface area contributed by atoms with Crippen molar-refractivity contribution in [2.45, 2.75) is 51.6 Å². The highest BCUT2D eigenvalue weighted by molar-refractivity contribution is 5.89. The number of phenolic OH excluding ortho intramolecular Hbond substituents is 5. The molecule has 0 amide bonds. The molecule has 1 aliphatic carbocycles. The number of benzene rings is 3. The van der Waals surface area contributed by atoms with Crippen molar-refractivity contribution in [3.63, 3.8) is 0 Å². The monoisotopic (exact) mass is 500 g/mol. The minimum absolute atomic E-state index is 0.0359. The number of aliphatic hydroxyl groups excluding tert-OH is 1. The Labute approximate surface area is 211 Å². The second-order valence-electron chi connectivity index (χ2n) is 7.98. The number of aromatic hydroxyl groups is 5. The normalized spacial score (nSPS) is 12.4. The molecule has 0 unspecified atom stereocenters. The number of hydrogen-bond donors (Lipinski definition) is 6. The number of ether oxygens (including phenoxy) is 1. The number of phenols is 5. The van der Waals surface area contributed by atoms with Gasteiger partial charge in [-0.1, -0.05) is 44.4 Å².